The molecule has 0 N–H and O–H groups in total. The second-order valence-electron chi connectivity index (χ2n) is 6.86. The minimum Gasteiger partial charge on any atom is -0.493 e. The highest BCUT2D eigenvalue weighted by atomic mass is 16.7. The first-order valence-electron chi connectivity index (χ1n) is 9.36. The van der Waals surface area contributed by atoms with E-state index in [1.165, 1.54) is 0 Å². The number of aromatic nitrogens is 4. The Bertz CT molecular complexity index is 975. The predicted octanol–water partition coefficient (Wildman–Crippen LogP) is 2.92. The maximum absolute atomic E-state index is 5.58. The Morgan fingerprint density at radius 3 is 2.86 bits per heavy atom. The third-order valence-electron chi connectivity index (χ3n) is 5.21. The molecule has 8 nitrogen and oxygen atoms in total. The quantitative estimate of drug-likeness (QED) is 0.690. The van der Waals surface area contributed by atoms with Gasteiger partial charge in [0.05, 0.1) is 13.2 Å². The molecule has 3 aromatic rings. The molecule has 0 bridgehead atoms. The fraction of sp³-hybridized carbons (Fsp3) is 0.350. The van der Waals surface area contributed by atoms with Crippen molar-refractivity contribution in [2.45, 2.75) is 18.9 Å². The monoisotopic (exact) mass is 379 g/mol. The van der Waals surface area contributed by atoms with E-state index in [9.17, 15) is 0 Å². The van der Waals surface area contributed by atoms with Crippen molar-refractivity contribution in [3.05, 3.63) is 43.0 Å². The highest BCUT2D eigenvalue weighted by Gasteiger charge is 2.26. The van der Waals surface area contributed by atoms with E-state index in [-0.39, 0.29) is 12.8 Å². The number of imidazole rings is 1. The smallest absolute Gasteiger partial charge is 0.231 e. The van der Waals surface area contributed by atoms with Crippen molar-refractivity contribution in [1.29, 1.82) is 0 Å². The van der Waals surface area contributed by atoms with E-state index in [0.29, 0.717) is 17.2 Å². The molecule has 5 rings (SSSR count). The minimum absolute atomic E-state index is 0.207. The van der Waals surface area contributed by atoms with Gasteiger partial charge in [-0.25, -0.2) is 15.0 Å². The molecular weight excluding hydrogens is 358 g/mol. The zero-order valence-electron chi connectivity index (χ0n) is 15.6. The lowest BCUT2D eigenvalue weighted by Crippen LogP contribution is -2.37. The summed E-state index contributed by atoms with van der Waals surface area (Å²) >= 11 is 0. The molecule has 2 aliphatic rings. The summed E-state index contributed by atoms with van der Waals surface area (Å²) in [7, 11) is 1.63. The Morgan fingerprint density at radius 2 is 2.00 bits per heavy atom. The van der Waals surface area contributed by atoms with Gasteiger partial charge in [0, 0.05) is 43.4 Å². The summed E-state index contributed by atoms with van der Waals surface area (Å²) in [5, 5.41) is 0. The summed E-state index contributed by atoms with van der Waals surface area (Å²) in [6, 6.07) is 6.04. The van der Waals surface area contributed by atoms with Crippen LogP contribution in [0.25, 0.3) is 11.4 Å². The lowest BCUT2D eigenvalue weighted by Gasteiger charge is -2.34. The SMILES string of the molecule is COc1cc(-c2nccn2C2CCCN(c3ncccn3)C2)cc2c1OCO2. The van der Waals surface area contributed by atoms with Gasteiger partial charge in [0.15, 0.2) is 11.5 Å². The average molecular weight is 379 g/mol. The van der Waals surface area contributed by atoms with Gasteiger partial charge < -0.3 is 23.7 Å². The first-order chi connectivity index (χ1) is 13.8. The molecule has 28 heavy (non-hydrogen) atoms. The van der Waals surface area contributed by atoms with Gasteiger partial charge in [0.1, 0.15) is 5.82 Å². The summed E-state index contributed by atoms with van der Waals surface area (Å²) in [5.74, 6) is 3.65. The predicted molar refractivity (Wildman–Crippen MR) is 103 cm³/mol. The number of fused-ring (bicyclic) bond motifs is 1. The Labute approximate surface area is 162 Å². The summed E-state index contributed by atoms with van der Waals surface area (Å²) in [6.07, 6.45) is 9.59. The lowest BCUT2D eigenvalue weighted by atomic mass is 10.0. The Kier molecular flexibility index (Phi) is 4.23. The first-order valence-corrected chi connectivity index (χ1v) is 9.36. The molecule has 0 radical (unpaired) electrons. The molecule has 0 spiro atoms. The Morgan fingerprint density at radius 1 is 1.11 bits per heavy atom. The largest absolute Gasteiger partial charge is 0.493 e. The molecule has 2 aromatic heterocycles. The number of piperidine rings is 1. The van der Waals surface area contributed by atoms with Crippen molar-refractivity contribution in [3.8, 4) is 28.6 Å². The molecule has 0 saturated carbocycles. The van der Waals surface area contributed by atoms with Gasteiger partial charge in [-0.1, -0.05) is 0 Å². The minimum atomic E-state index is 0.207. The lowest BCUT2D eigenvalue weighted by molar-refractivity contribution is 0.171. The number of hydrogen-bond donors (Lipinski definition) is 0. The number of rotatable bonds is 4. The van der Waals surface area contributed by atoms with E-state index in [4.69, 9.17) is 14.2 Å². The van der Waals surface area contributed by atoms with Gasteiger partial charge in [-0.2, -0.15) is 0 Å². The fourth-order valence-corrected chi connectivity index (χ4v) is 3.91. The van der Waals surface area contributed by atoms with Crippen molar-refractivity contribution in [1.82, 2.24) is 19.5 Å². The molecule has 1 aromatic carbocycles. The van der Waals surface area contributed by atoms with Crippen LogP contribution in [-0.4, -0.2) is 46.5 Å². The van der Waals surface area contributed by atoms with Crippen molar-refractivity contribution >= 4 is 5.95 Å². The van der Waals surface area contributed by atoms with E-state index in [2.05, 4.69) is 24.4 Å². The summed E-state index contributed by atoms with van der Waals surface area (Å²) in [5.41, 5.74) is 0.944. The highest BCUT2D eigenvalue weighted by Crippen LogP contribution is 2.44. The van der Waals surface area contributed by atoms with E-state index >= 15 is 0 Å². The molecule has 144 valence electrons. The van der Waals surface area contributed by atoms with Gasteiger partial charge in [0.25, 0.3) is 0 Å². The summed E-state index contributed by atoms with van der Waals surface area (Å²) in [4.78, 5) is 15.7. The molecule has 4 heterocycles. The van der Waals surface area contributed by atoms with Crippen LogP contribution in [0.5, 0.6) is 17.2 Å². The van der Waals surface area contributed by atoms with E-state index in [1.54, 1.807) is 19.5 Å². The van der Waals surface area contributed by atoms with Crippen LogP contribution in [-0.2, 0) is 0 Å². The molecule has 1 unspecified atom stereocenters. The molecule has 8 heteroatoms. The number of methoxy groups -OCH3 is 1. The topological polar surface area (TPSA) is 74.5 Å². The standard InChI is InChI=1S/C20H21N5O3/c1-26-16-10-14(11-17-18(16)28-13-27-17)19-21-7-9-25(19)15-4-2-8-24(12-15)20-22-5-3-6-23-20/h3,5-7,9-11,15H,2,4,8,12-13H2,1H3. The second kappa shape index (κ2) is 7.03. The van der Waals surface area contributed by atoms with E-state index in [0.717, 1.165) is 43.3 Å². The number of ether oxygens (including phenoxy) is 3. The molecule has 0 aliphatic carbocycles. The Balaban J connectivity index is 1.47. The molecule has 2 aliphatic heterocycles. The maximum atomic E-state index is 5.58. The summed E-state index contributed by atoms with van der Waals surface area (Å²) in [6.45, 7) is 2.01. The van der Waals surface area contributed by atoms with Gasteiger partial charge in [0.2, 0.25) is 18.5 Å². The maximum Gasteiger partial charge on any atom is 0.231 e. The molecule has 1 atom stereocenters. The van der Waals surface area contributed by atoms with Crippen LogP contribution in [0.15, 0.2) is 43.0 Å². The normalized spacial score (nSPS) is 18.3. The average Bonchev–Trinajstić information content (AvgIpc) is 3.43. The van der Waals surface area contributed by atoms with Crippen molar-refractivity contribution in [3.63, 3.8) is 0 Å². The van der Waals surface area contributed by atoms with Crippen LogP contribution in [0.3, 0.4) is 0 Å². The first kappa shape index (κ1) is 16.9. The zero-order valence-corrected chi connectivity index (χ0v) is 15.6. The van der Waals surface area contributed by atoms with Crippen LogP contribution in [0.4, 0.5) is 5.95 Å². The van der Waals surface area contributed by atoms with E-state index in [1.807, 2.05) is 30.6 Å². The second-order valence-corrected chi connectivity index (χ2v) is 6.86. The van der Waals surface area contributed by atoms with Crippen molar-refractivity contribution in [2.75, 3.05) is 31.9 Å². The van der Waals surface area contributed by atoms with Crippen LogP contribution in [0.2, 0.25) is 0 Å². The third kappa shape index (κ3) is 2.90. The zero-order chi connectivity index (χ0) is 18.9. The fourth-order valence-electron chi connectivity index (χ4n) is 3.91. The van der Waals surface area contributed by atoms with Crippen molar-refractivity contribution < 1.29 is 14.2 Å². The molecule has 0 amide bonds. The summed E-state index contributed by atoms with van der Waals surface area (Å²) < 4.78 is 18.8. The van der Waals surface area contributed by atoms with Crippen molar-refractivity contribution in [2.24, 2.45) is 0 Å². The van der Waals surface area contributed by atoms with Gasteiger partial charge in [-0.3, -0.25) is 0 Å². The van der Waals surface area contributed by atoms with Gasteiger partial charge >= 0.3 is 0 Å². The van der Waals surface area contributed by atoms with E-state index < -0.39 is 0 Å². The molecule has 1 fully saturated rings. The third-order valence-corrected chi connectivity index (χ3v) is 5.21. The number of hydrogen-bond acceptors (Lipinski definition) is 7. The van der Waals surface area contributed by atoms with Crippen LogP contribution < -0.4 is 19.1 Å². The van der Waals surface area contributed by atoms with Crippen LogP contribution >= 0.6 is 0 Å². The highest BCUT2D eigenvalue weighted by molar-refractivity contribution is 5.67. The number of benzene rings is 1. The number of nitrogens with zero attached hydrogens (tertiary/aromatic N) is 5. The molecule has 1 saturated heterocycles. The van der Waals surface area contributed by atoms with Crippen LogP contribution in [0.1, 0.15) is 18.9 Å². The van der Waals surface area contributed by atoms with Gasteiger partial charge in [-0.15, -0.1) is 0 Å². The number of anilines is 1. The van der Waals surface area contributed by atoms with Crippen LogP contribution in [0, 0.1) is 0 Å². The molecular formula is C20H21N5O3. The Hall–Kier alpha value is -3.29. The van der Waals surface area contributed by atoms with Gasteiger partial charge in [-0.05, 0) is 31.0 Å².